The van der Waals surface area contributed by atoms with Crippen LogP contribution in [-0.2, 0) is 11.2 Å². The molecular formula is C22H19N3O4S. The largest absolute Gasteiger partial charge is 0.612 e. The van der Waals surface area contributed by atoms with E-state index in [1.807, 2.05) is 12.1 Å². The highest BCUT2D eigenvalue weighted by Crippen LogP contribution is 2.31. The summed E-state index contributed by atoms with van der Waals surface area (Å²) in [5.41, 5.74) is 2.10. The van der Waals surface area contributed by atoms with Gasteiger partial charge in [0.15, 0.2) is 10.7 Å². The first kappa shape index (κ1) is 19.9. The summed E-state index contributed by atoms with van der Waals surface area (Å²) >= 11 is -1.07. The topological polar surface area (TPSA) is 100 Å². The van der Waals surface area contributed by atoms with Gasteiger partial charge in [0.25, 0.3) is 5.56 Å². The Bertz CT molecular complexity index is 1270. The molecule has 4 aromatic rings. The molecule has 30 heavy (non-hydrogen) atoms. The van der Waals surface area contributed by atoms with E-state index >= 15 is 0 Å². The number of hydrogen-bond acceptors (Lipinski definition) is 6. The molecule has 0 saturated carbocycles. The zero-order chi connectivity index (χ0) is 21.3. The van der Waals surface area contributed by atoms with E-state index < -0.39 is 11.2 Å². The molecule has 2 heterocycles. The molecule has 0 saturated heterocycles. The number of benzene rings is 2. The molecule has 7 nitrogen and oxygen atoms in total. The number of ether oxygens (including phenoxy) is 2. The van der Waals surface area contributed by atoms with E-state index in [-0.39, 0.29) is 5.56 Å². The van der Waals surface area contributed by atoms with Gasteiger partial charge in [0.05, 0.1) is 19.7 Å². The Balaban J connectivity index is 1.84. The van der Waals surface area contributed by atoms with E-state index in [1.165, 1.54) is 7.11 Å². The average molecular weight is 421 g/mol. The highest BCUT2D eigenvalue weighted by atomic mass is 32.2. The fraction of sp³-hybridized carbons (Fsp3) is 0.136. The Morgan fingerprint density at radius 2 is 1.67 bits per heavy atom. The Hall–Kier alpha value is -3.36. The molecule has 0 fully saturated rings. The van der Waals surface area contributed by atoms with E-state index in [0.29, 0.717) is 39.6 Å². The van der Waals surface area contributed by atoms with Gasteiger partial charge in [-0.15, -0.1) is 0 Å². The lowest BCUT2D eigenvalue weighted by Gasteiger charge is -2.11. The van der Waals surface area contributed by atoms with Gasteiger partial charge in [-0.1, -0.05) is 6.07 Å². The Kier molecular flexibility index (Phi) is 5.43. The second kappa shape index (κ2) is 8.17. The van der Waals surface area contributed by atoms with Gasteiger partial charge >= 0.3 is 0 Å². The van der Waals surface area contributed by atoms with Crippen molar-refractivity contribution < 1.29 is 14.0 Å². The van der Waals surface area contributed by atoms with Gasteiger partial charge in [-0.2, -0.15) is 0 Å². The lowest BCUT2D eigenvalue weighted by atomic mass is 10.1. The van der Waals surface area contributed by atoms with Crippen LogP contribution in [0.4, 0.5) is 0 Å². The van der Waals surface area contributed by atoms with Crippen LogP contribution < -0.4 is 15.0 Å². The number of methoxy groups -OCH3 is 2. The summed E-state index contributed by atoms with van der Waals surface area (Å²) in [7, 11) is 3.08. The number of fused-ring (bicyclic) bond motifs is 1. The summed E-state index contributed by atoms with van der Waals surface area (Å²) in [5, 5.41) is 0.389. The number of aromatic nitrogens is 3. The molecule has 0 aliphatic rings. The molecule has 2 aromatic heterocycles. The minimum atomic E-state index is -1.07. The summed E-state index contributed by atoms with van der Waals surface area (Å²) < 4.78 is 22.4. The molecule has 152 valence electrons. The number of rotatable bonds is 5. The van der Waals surface area contributed by atoms with Crippen molar-refractivity contribution in [3.05, 3.63) is 65.0 Å². The molecule has 4 rings (SSSR count). The van der Waals surface area contributed by atoms with E-state index in [4.69, 9.17) is 9.47 Å². The van der Waals surface area contributed by atoms with Crippen LogP contribution in [0, 0.1) is 0 Å². The van der Waals surface area contributed by atoms with E-state index in [0.717, 1.165) is 10.5 Å². The molecule has 0 radical (unpaired) electrons. The van der Waals surface area contributed by atoms with Crippen molar-refractivity contribution in [2.75, 3.05) is 20.5 Å². The van der Waals surface area contributed by atoms with Crippen LogP contribution in [0.3, 0.4) is 0 Å². The van der Waals surface area contributed by atoms with E-state index in [2.05, 4.69) is 15.0 Å². The molecule has 0 aliphatic carbocycles. The van der Waals surface area contributed by atoms with Gasteiger partial charge in [0, 0.05) is 5.56 Å². The molecule has 1 N–H and O–H groups in total. The van der Waals surface area contributed by atoms with Crippen molar-refractivity contribution in [1.29, 1.82) is 0 Å². The van der Waals surface area contributed by atoms with Gasteiger partial charge in [0.1, 0.15) is 34.5 Å². The molecule has 0 bridgehead atoms. The van der Waals surface area contributed by atoms with E-state index in [9.17, 15) is 9.35 Å². The standard InChI is InChI=1S/C22H19N3O4S/c1-28-17-6-4-5-15-19(17)22(26)25-21(24-15)16-11-12-18(29-2)20(23-16)13-7-9-14(10-8-13)30(3)27/h4-12H,1-3H3,(H,24,25,26). The van der Waals surface area contributed by atoms with Crippen LogP contribution >= 0.6 is 0 Å². The Morgan fingerprint density at radius 1 is 0.933 bits per heavy atom. The maximum absolute atomic E-state index is 12.7. The predicted molar refractivity (Wildman–Crippen MR) is 116 cm³/mol. The smallest absolute Gasteiger partial charge is 0.262 e. The molecule has 0 amide bonds. The summed E-state index contributed by atoms with van der Waals surface area (Å²) in [5.74, 6) is 1.38. The van der Waals surface area contributed by atoms with Gasteiger partial charge < -0.3 is 19.0 Å². The first-order valence-electron chi connectivity index (χ1n) is 9.08. The highest BCUT2D eigenvalue weighted by molar-refractivity contribution is 7.90. The monoisotopic (exact) mass is 421 g/mol. The van der Waals surface area contributed by atoms with Crippen molar-refractivity contribution in [2.45, 2.75) is 4.90 Å². The van der Waals surface area contributed by atoms with Crippen LogP contribution in [0.5, 0.6) is 11.5 Å². The van der Waals surface area contributed by atoms with Gasteiger partial charge in [-0.25, -0.2) is 9.97 Å². The van der Waals surface area contributed by atoms with Crippen molar-refractivity contribution in [3.63, 3.8) is 0 Å². The molecule has 1 atom stereocenters. The minimum Gasteiger partial charge on any atom is -0.612 e. The fourth-order valence-corrected chi connectivity index (χ4v) is 3.72. The Labute approximate surface area is 175 Å². The third kappa shape index (κ3) is 3.62. The third-order valence-corrected chi connectivity index (χ3v) is 5.63. The van der Waals surface area contributed by atoms with Gasteiger partial charge in [0.2, 0.25) is 0 Å². The number of aromatic amines is 1. The van der Waals surface area contributed by atoms with Crippen LogP contribution in [0.15, 0.2) is 64.3 Å². The quantitative estimate of drug-likeness (QED) is 0.496. The van der Waals surface area contributed by atoms with Crippen molar-refractivity contribution in [2.24, 2.45) is 0 Å². The third-order valence-electron chi connectivity index (χ3n) is 4.70. The molecular weight excluding hydrogens is 402 g/mol. The summed E-state index contributed by atoms with van der Waals surface area (Å²) in [6.45, 7) is 0. The predicted octanol–water partition coefficient (Wildman–Crippen LogP) is 3.41. The van der Waals surface area contributed by atoms with Crippen LogP contribution in [0.1, 0.15) is 0 Å². The van der Waals surface area contributed by atoms with Crippen molar-refractivity contribution in [1.82, 2.24) is 15.0 Å². The summed E-state index contributed by atoms with van der Waals surface area (Å²) in [4.78, 5) is 25.4. The summed E-state index contributed by atoms with van der Waals surface area (Å²) in [6, 6.07) is 16.0. The first-order valence-corrected chi connectivity index (χ1v) is 10.6. The second-order valence-electron chi connectivity index (χ2n) is 6.49. The molecule has 8 heteroatoms. The lowest BCUT2D eigenvalue weighted by molar-refractivity contribution is 0.415. The Morgan fingerprint density at radius 3 is 2.33 bits per heavy atom. The molecule has 0 spiro atoms. The van der Waals surface area contributed by atoms with Crippen LogP contribution in [0.2, 0.25) is 0 Å². The zero-order valence-corrected chi connectivity index (χ0v) is 17.4. The van der Waals surface area contributed by atoms with Crippen LogP contribution in [0.25, 0.3) is 33.7 Å². The number of nitrogens with zero attached hydrogens (tertiary/aromatic N) is 2. The normalized spacial score (nSPS) is 12.0. The number of H-pyrrole nitrogens is 1. The maximum atomic E-state index is 12.7. The minimum absolute atomic E-state index is 0.304. The second-order valence-corrected chi connectivity index (χ2v) is 7.87. The number of pyridine rings is 1. The molecule has 2 aromatic carbocycles. The van der Waals surface area contributed by atoms with Crippen LogP contribution in [-0.4, -0.2) is 40.0 Å². The maximum Gasteiger partial charge on any atom is 0.262 e. The highest BCUT2D eigenvalue weighted by Gasteiger charge is 2.15. The van der Waals surface area contributed by atoms with Gasteiger partial charge in [-0.3, -0.25) is 4.79 Å². The van der Waals surface area contributed by atoms with Crippen molar-refractivity contribution in [3.8, 4) is 34.3 Å². The number of nitrogens with one attached hydrogen (secondary N) is 1. The average Bonchev–Trinajstić information content (AvgIpc) is 2.78. The zero-order valence-electron chi connectivity index (χ0n) is 16.6. The number of hydrogen-bond donors (Lipinski definition) is 1. The molecule has 0 aliphatic heterocycles. The van der Waals surface area contributed by atoms with Gasteiger partial charge in [-0.05, 0) is 59.7 Å². The van der Waals surface area contributed by atoms with E-state index in [1.54, 1.807) is 55.8 Å². The SMILES string of the molecule is COc1ccc(-c2nc3cccc(OC)c3c(=O)[nH]2)nc1-c1ccc([S+](C)[O-])cc1. The van der Waals surface area contributed by atoms with Crippen molar-refractivity contribution >= 4 is 22.1 Å². The fourth-order valence-electron chi connectivity index (χ4n) is 3.21. The summed E-state index contributed by atoms with van der Waals surface area (Å²) in [6.07, 6.45) is 1.63. The first-order chi connectivity index (χ1) is 14.5. The molecule has 1 unspecified atom stereocenters. The lowest BCUT2D eigenvalue weighted by Crippen LogP contribution is -2.11.